The lowest BCUT2D eigenvalue weighted by atomic mass is 10.0. The van der Waals surface area contributed by atoms with Crippen LogP contribution in [0.1, 0.15) is 19.3 Å². The SMILES string of the molecule is OC[C@@H]1CCCCN1c1ccc(Cl)nn1. The van der Waals surface area contributed by atoms with E-state index >= 15 is 0 Å². The molecule has 0 spiro atoms. The zero-order chi connectivity index (χ0) is 10.7. The number of nitrogens with zero attached hydrogens (tertiary/aromatic N) is 3. The Morgan fingerprint density at radius 3 is 2.93 bits per heavy atom. The maximum atomic E-state index is 9.26. The van der Waals surface area contributed by atoms with E-state index in [4.69, 9.17) is 11.6 Å². The van der Waals surface area contributed by atoms with Gasteiger partial charge in [-0.2, -0.15) is 0 Å². The zero-order valence-electron chi connectivity index (χ0n) is 8.43. The predicted molar refractivity (Wildman–Crippen MR) is 59.1 cm³/mol. The van der Waals surface area contributed by atoms with Crippen LogP contribution in [0.2, 0.25) is 5.15 Å². The van der Waals surface area contributed by atoms with Crippen LogP contribution in [0.3, 0.4) is 0 Å². The van der Waals surface area contributed by atoms with E-state index in [9.17, 15) is 5.11 Å². The molecule has 1 aliphatic rings. The van der Waals surface area contributed by atoms with Gasteiger partial charge in [0, 0.05) is 6.54 Å². The molecule has 0 saturated carbocycles. The van der Waals surface area contributed by atoms with Crippen LogP contribution in [0.5, 0.6) is 0 Å². The number of hydrogen-bond acceptors (Lipinski definition) is 4. The molecular weight excluding hydrogens is 214 g/mol. The molecule has 82 valence electrons. The van der Waals surface area contributed by atoms with Gasteiger partial charge in [0.15, 0.2) is 11.0 Å². The Hall–Kier alpha value is -0.870. The molecule has 2 heterocycles. The lowest BCUT2D eigenvalue weighted by molar-refractivity contribution is 0.239. The monoisotopic (exact) mass is 227 g/mol. The first-order valence-electron chi connectivity index (χ1n) is 5.18. The molecule has 1 aliphatic heterocycles. The van der Waals surface area contributed by atoms with E-state index in [-0.39, 0.29) is 12.6 Å². The number of aliphatic hydroxyl groups excluding tert-OH is 1. The Balaban J connectivity index is 2.16. The minimum absolute atomic E-state index is 0.171. The summed E-state index contributed by atoms with van der Waals surface area (Å²) in [6, 6.07) is 3.75. The largest absolute Gasteiger partial charge is 0.394 e. The lowest BCUT2D eigenvalue weighted by Crippen LogP contribution is -2.42. The van der Waals surface area contributed by atoms with E-state index in [1.165, 1.54) is 6.42 Å². The fraction of sp³-hybridized carbons (Fsp3) is 0.600. The normalized spacial score (nSPS) is 21.7. The van der Waals surface area contributed by atoms with E-state index in [1.54, 1.807) is 6.07 Å². The lowest BCUT2D eigenvalue weighted by Gasteiger charge is -2.35. The molecule has 1 aromatic heterocycles. The van der Waals surface area contributed by atoms with Crippen molar-refractivity contribution in [3.05, 3.63) is 17.3 Å². The van der Waals surface area contributed by atoms with Crippen molar-refractivity contribution in [2.45, 2.75) is 25.3 Å². The first-order chi connectivity index (χ1) is 7.31. The van der Waals surface area contributed by atoms with Gasteiger partial charge in [-0.3, -0.25) is 0 Å². The van der Waals surface area contributed by atoms with Crippen molar-refractivity contribution in [1.29, 1.82) is 0 Å². The molecule has 0 amide bonds. The van der Waals surface area contributed by atoms with Crippen molar-refractivity contribution in [3.8, 4) is 0 Å². The van der Waals surface area contributed by atoms with Crippen LogP contribution in [-0.4, -0.2) is 34.5 Å². The maximum absolute atomic E-state index is 9.26. The molecule has 0 bridgehead atoms. The molecule has 0 radical (unpaired) electrons. The Kier molecular flexibility index (Phi) is 3.38. The van der Waals surface area contributed by atoms with E-state index in [0.717, 1.165) is 25.2 Å². The average molecular weight is 228 g/mol. The maximum Gasteiger partial charge on any atom is 0.151 e. The van der Waals surface area contributed by atoms with Crippen LogP contribution in [0.15, 0.2) is 12.1 Å². The van der Waals surface area contributed by atoms with Gasteiger partial charge in [0.25, 0.3) is 0 Å². The quantitative estimate of drug-likeness (QED) is 0.832. The molecule has 1 N–H and O–H groups in total. The van der Waals surface area contributed by atoms with Crippen LogP contribution in [0.4, 0.5) is 5.82 Å². The smallest absolute Gasteiger partial charge is 0.151 e. The van der Waals surface area contributed by atoms with Crippen LogP contribution < -0.4 is 4.90 Å². The minimum Gasteiger partial charge on any atom is -0.394 e. The van der Waals surface area contributed by atoms with Gasteiger partial charge in [0.1, 0.15) is 0 Å². The summed E-state index contributed by atoms with van der Waals surface area (Å²) < 4.78 is 0. The number of aliphatic hydroxyl groups is 1. The minimum atomic E-state index is 0.171. The molecule has 15 heavy (non-hydrogen) atoms. The van der Waals surface area contributed by atoms with Gasteiger partial charge < -0.3 is 10.0 Å². The molecule has 0 aromatic carbocycles. The van der Waals surface area contributed by atoms with Crippen molar-refractivity contribution in [3.63, 3.8) is 0 Å². The third kappa shape index (κ3) is 2.38. The molecule has 1 saturated heterocycles. The van der Waals surface area contributed by atoms with E-state index in [2.05, 4.69) is 15.1 Å². The van der Waals surface area contributed by atoms with Gasteiger partial charge in [-0.05, 0) is 31.4 Å². The second-order valence-corrected chi connectivity index (χ2v) is 4.13. The molecule has 5 heteroatoms. The molecule has 0 aliphatic carbocycles. The van der Waals surface area contributed by atoms with Gasteiger partial charge in [-0.25, -0.2) is 0 Å². The van der Waals surface area contributed by atoms with Crippen LogP contribution in [0.25, 0.3) is 0 Å². The van der Waals surface area contributed by atoms with Gasteiger partial charge >= 0.3 is 0 Å². The number of rotatable bonds is 2. The Morgan fingerprint density at radius 2 is 2.27 bits per heavy atom. The van der Waals surface area contributed by atoms with E-state index in [1.807, 2.05) is 6.07 Å². The Bertz CT molecular complexity index is 317. The highest BCUT2D eigenvalue weighted by Crippen LogP contribution is 2.22. The molecule has 1 atom stereocenters. The summed E-state index contributed by atoms with van der Waals surface area (Å²) in [5.74, 6) is 0.804. The second-order valence-electron chi connectivity index (χ2n) is 3.74. The zero-order valence-corrected chi connectivity index (χ0v) is 9.19. The van der Waals surface area contributed by atoms with Crippen LogP contribution >= 0.6 is 11.6 Å². The highest BCUT2D eigenvalue weighted by Gasteiger charge is 2.22. The number of hydrogen-bond donors (Lipinski definition) is 1. The molecule has 2 rings (SSSR count). The summed E-state index contributed by atoms with van der Waals surface area (Å²) >= 11 is 5.68. The highest BCUT2D eigenvalue weighted by molar-refractivity contribution is 6.29. The standard InChI is InChI=1S/C10H14ClN3O/c11-9-4-5-10(13-12-9)14-6-2-1-3-8(14)7-15/h4-5,8,15H,1-3,6-7H2/t8-/m0/s1. The van der Waals surface area contributed by atoms with Gasteiger partial charge in [0.05, 0.1) is 12.6 Å². The molecule has 1 aromatic rings. The molecule has 0 unspecified atom stereocenters. The van der Waals surface area contributed by atoms with Gasteiger partial charge in [-0.1, -0.05) is 11.6 Å². The van der Waals surface area contributed by atoms with Crippen LogP contribution in [-0.2, 0) is 0 Å². The Morgan fingerprint density at radius 1 is 1.40 bits per heavy atom. The Labute approximate surface area is 93.9 Å². The third-order valence-corrected chi connectivity index (χ3v) is 2.95. The number of aromatic nitrogens is 2. The summed E-state index contributed by atoms with van der Waals surface area (Å²) in [5, 5.41) is 17.5. The summed E-state index contributed by atoms with van der Waals surface area (Å²) in [7, 11) is 0. The van der Waals surface area contributed by atoms with Gasteiger partial charge in [-0.15, -0.1) is 10.2 Å². The molecule has 4 nitrogen and oxygen atoms in total. The first-order valence-corrected chi connectivity index (χ1v) is 5.56. The average Bonchev–Trinajstić information content (AvgIpc) is 2.30. The third-order valence-electron chi connectivity index (χ3n) is 2.75. The fourth-order valence-corrected chi connectivity index (χ4v) is 2.05. The van der Waals surface area contributed by atoms with Crippen molar-refractivity contribution in [1.82, 2.24) is 10.2 Å². The molecule has 1 fully saturated rings. The summed E-state index contributed by atoms with van der Waals surface area (Å²) in [4.78, 5) is 2.10. The predicted octanol–water partition coefficient (Wildman–Crippen LogP) is 1.48. The fourth-order valence-electron chi connectivity index (χ4n) is 1.95. The van der Waals surface area contributed by atoms with Crippen molar-refractivity contribution in [2.75, 3.05) is 18.1 Å². The number of halogens is 1. The molecular formula is C10H14ClN3O. The van der Waals surface area contributed by atoms with E-state index < -0.39 is 0 Å². The number of anilines is 1. The number of piperidine rings is 1. The van der Waals surface area contributed by atoms with E-state index in [0.29, 0.717) is 5.15 Å². The summed E-state index contributed by atoms with van der Waals surface area (Å²) in [5.41, 5.74) is 0. The van der Waals surface area contributed by atoms with Crippen molar-refractivity contribution < 1.29 is 5.11 Å². The van der Waals surface area contributed by atoms with Crippen molar-refractivity contribution >= 4 is 17.4 Å². The van der Waals surface area contributed by atoms with Crippen LogP contribution in [0, 0.1) is 0 Å². The second kappa shape index (κ2) is 4.77. The van der Waals surface area contributed by atoms with Crippen molar-refractivity contribution in [2.24, 2.45) is 0 Å². The first kappa shape index (κ1) is 10.6. The summed E-state index contributed by atoms with van der Waals surface area (Å²) in [6.07, 6.45) is 3.32. The summed E-state index contributed by atoms with van der Waals surface area (Å²) in [6.45, 7) is 1.10. The highest BCUT2D eigenvalue weighted by atomic mass is 35.5. The topological polar surface area (TPSA) is 49.2 Å². The van der Waals surface area contributed by atoms with Gasteiger partial charge in [0.2, 0.25) is 0 Å².